The van der Waals surface area contributed by atoms with Crippen LogP contribution in [0.15, 0.2) is 0 Å². The molecule has 0 radical (unpaired) electrons. The van der Waals surface area contributed by atoms with E-state index >= 15 is 0 Å². The first-order valence-electron chi connectivity index (χ1n) is 5.81. The molecule has 0 spiro atoms. The molecule has 0 saturated carbocycles. The third-order valence-electron chi connectivity index (χ3n) is 3.38. The summed E-state index contributed by atoms with van der Waals surface area (Å²) in [5.74, 6) is -0.743. The fourth-order valence-corrected chi connectivity index (χ4v) is 3.73. The summed E-state index contributed by atoms with van der Waals surface area (Å²) in [4.78, 5) is 13.7. The van der Waals surface area contributed by atoms with Crippen LogP contribution in [-0.4, -0.2) is 11.1 Å². The predicted molar refractivity (Wildman–Crippen MR) is 66.5 cm³/mol. The molecule has 3 heteroatoms. The van der Waals surface area contributed by atoms with E-state index < -0.39 is 5.97 Å². The van der Waals surface area contributed by atoms with Gasteiger partial charge in [0.05, 0.1) is 5.56 Å². The largest absolute Gasteiger partial charge is 0.478 e. The number of aryl methyl sites for hydroxylation is 2. The van der Waals surface area contributed by atoms with Crippen molar-refractivity contribution in [2.24, 2.45) is 5.41 Å². The van der Waals surface area contributed by atoms with Gasteiger partial charge in [0.1, 0.15) is 0 Å². The van der Waals surface area contributed by atoms with Crippen LogP contribution in [0.3, 0.4) is 0 Å². The topological polar surface area (TPSA) is 37.3 Å². The van der Waals surface area contributed by atoms with Gasteiger partial charge >= 0.3 is 5.97 Å². The number of carbonyl (C=O) groups is 1. The Morgan fingerprint density at radius 2 is 2.19 bits per heavy atom. The van der Waals surface area contributed by atoms with Crippen LogP contribution in [0.1, 0.15) is 52.9 Å². The molecule has 0 bridgehead atoms. The van der Waals surface area contributed by atoms with E-state index in [1.54, 1.807) is 11.3 Å². The molecule has 0 amide bonds. The minimum atomic E-state index is -0.743. The van der Waals surface area contributed by atoms with Crippen molar-refractivity contribution in [1.82, 2.24) is 0 Å². The fourth-order valence-electron chi connectivity index (χ4n) is 2.47. The van der Waals surface area contributed by atoms with Gasteiger partial charge in [0.15, 0.2) is 0 Å². The molecule has 16 heavy (non-hydrogen) atoms. The number of rotatable bonds is 2. The van der Waals surface area contributed by atoms with E-state index in [-0.39, 0.29) is 5.41 Å². The van der Waals surface area contributed by atoms with Gasteiger partial charge in [-0.15, -0.1) is 11.3 Å². The van der Waals surface area contributed by atoms with Crippen LogP contribution in [0.2, 0.25) is 0 Å². The van der Waals surface area contributed by atoms with Crippen molar-refractivity contribution in [3.63, 3.8) is 0 Å². The van der Waals surface area contributed by atoms with E-state index in [0.29, 0.717) is 5.56 Å². The molecule has 0 atom stereocenters. The highest BCUT2D eigenvalue weighted by molar-refractivity contribution is 7.12. The number of hydrogen-bond donors (Lipinski definition) is 1. The minimum absolute atomic E-state index is 0.253. The van der Waals surface area contributed by atoms with Gasteiger partial charge in [0, 0.05) is 9.75 Å². The summed E-state index contributed by atoms with van der Waals surface area (Å²) in [6, 6.07) is 0. The van der Waals surface area contributed by atoms with Gasteiger partial charge in [-0.2, -0.15) is 0 Å². The summed E-state index contributed by atoms with van der Waals surface area (Å²) >= 11 is 1.71. The van der Waals surface area contributed by atoms with E-state index in [4.69, 9.17) is 0 Å². The molecule has 1 N–H and O–H groups in total. The fraction of sp³-hybridized carbons (Fsp3) is 0.615. The first-order valence-corrected chi connectivity index (χ1v) is 6.63. The lowest BCUT2D eigenvalue weighted by Gasteiger charge is -2.29. The first-order chi connectivity index (χ1) is 7.44. The molecule has 1 aromatic rings. The zero-order valence-electron chi connectivity index (χ0n) is 10.1. The van der Waals surface area contributed by atoms with Gasteiger partial charge in [-0.25, -0.2) is 4.79 Å². The molecule has 1 heterocycles. The van der Waals surface area contributed by atoms with Crippen molar-refractivity contribution in [2.75, 3.05) is 0 Å². The normalized spacial score (nSPS) is 18.2. The zero-order chi connectivity index (χ0) is 11.9. The van der Waals surface area contributed by atoms with Gasteiger partial charge in [-0.1, -0.05) is 20.8 Å². The summed E-state index contributed by atoms with van der Waals surface area (Å²) in [7, 11) is 0. The number of carboxylic acids is 1. The second-order valence-electron chi connectivity index (χ2n) is 5.30. The summed E-state index contributed by atoms with van der Waals surface area (Å²) in [6.45, 7) is 6.49. The number of thiophene rings is 1. The molecule has 1 aliphatic rings. The molecule has 1 aliphatic carbocycles. The lowest BCUT2D eigenvalue weighted by Crippen LogP contribution is -2.22. The summed E-state index contributed by atoms with van der Waals surface area (Å²) in [5.41, 5.74) is 1.98. The third kappa shape index (κ3) is 1.88. The smallest absolute Gasteiger partial charge is 0.337 e. The van der Waals surface area contributed by atoms with Crippen molar-refractivity contribution in [2.45, 2.75) is 46.5 Å². The van der Waals surface area contributed by atoms with Crippen LogP contribution in [-0.2, 0) is 19.3 Å². The van der Waals surface area contributed by atoms with Crippen LogP contribution in [0, 0.1) is 5.41 Å². The predicted octanol–water partition coefficient (Wildman–Crippen LogP) is 3.52. The van der Waals surface area contributed by atoms with E-state index in [2.05, 4.69) is 13.8 Å². The quantitative estimate of drug-likeness (QED) is 0.856. The zero-order valence-corrected chi connectivity index (χ0v) is 10.9. The number of aromatic carboxylic acids is 1. The summed E-state index contributed by atoms with van der Waals surface area (Å²) in [6.07, 6.45) is 3.97. The molecule has 0 aromatic carbocycles. The molecule has 0 fully saturated rings. The molecule has 0 unspecified atom stereocenters. The Morgan fingerprint density at radius 1 is 1.50 bits per heavy atom. The number of carboxylic acid groups (broad SMARTS) is 1. The van der Waals surface area contributed by atoms with Crippen LogP contribution in [0.5, 0.6) is 0 Å². The molecular formula is C13H18O2S. The highest BCUT2D eigenvalue weighted by Gasteiger charge is 2.31. The van der Waals surface area contributed by atoms with E-state index in [1.807, 2.05) is 6.92 Å². The monoisotopic (exact) mass is 238 g/mol. The standard InChI is InChI=1S/C13H18O2S/c1-4-9-11(12(14)15)8-7-13(2,3)6-5-10(8)16-9/h4-7H2,1-3H3,(H,14,15). The second kappa shape index (κ2) is 3.88. The summed E-state index contributed by atoms with van der Waals surface area (Å²) in [5, 5.41) is 9.32. The maximum absolute atomic E-state index is 11.3. The third-order valence-corrected chi connectivity index (χ3v) is 4.82. The second-order valence-corrected chi connectivity index (χ2v) is 6.49. The van der Waals surface area contributed by atoms with Crippen molar-refractivity contribution in [3.05, 3.63) is 20.9 Å². The Labute approximate surface area is 100 Å². The number of hydrogen-bond acceptors (Lipinski definition) is 2. The van der Waals surface area contributed by atoms with Crippen LogP contribution >= 0.6 is 11.3 Å². The Balaban J connectivity index is 2.52. The van der Waals surface area contributed by atoms with Gasteiger partial charge in [0.2, 0.25) is 0 Å². The van der Waals surface area contributed by atoms with Crippen molar-refractivity contribution < 1.29 is 9.90 Å². The molecule has 0 saturated heterocycles. The van der Waals surface area contributed by atoms with E-state index in [9.17, 15) is 9.90 Å². The average molecular weight is 238 g/mol. The molecule has 2 nitrogen and oxygen atoms in total. The van der Waals surface area contributed by atoms with E-state index in [0.717, 1.165) is 29.7 Å². The average Bonchev–Trinajstić information content (AvgIpc) is 2.53. The SMILES string of the molecule is CCc1sc2c(c1C(=O)O)CC(C)(C)CC2. The van der Waals surface area contributed by atoms with Gasteiger partial charge in [-0.05, 0) is 36.7 Å². The Morgan fingerprint density at radius 3 is 2.75 bits per heavy atom. The Kier molecular flexibility index (Phi) is 2.82. The van der Waals surface area contributed by atoms with Gasteiger partial charge < -0.3 is 5.11 Å². The first kappa shape index (κ1) is 11.6. The Hall–Kier alpha value is -0.830. The molecule has 88 valence electrons. The van der Waals surface area contributed by atoms with Crippen LogP contribution < -0.4 is 0 Å². The molecular weight excluding hydrogens is 220 g/mol. The Bertz CT molecular complexity index is 429. The van der Waals surface area contributed by atoms with Crippen LogP contribution in [0.4, 0.5) is 0 Å². The maximum Gasteiger partial charge on any atom is 0.337 e. The van der Waals surface area contributed by atoms with Crippen molar-refractivity contribution in [3.8, 4) is 0 Å². The molecule has 0 aliphatic heterocycles. The lowest BCUT2D eigenvalue weighted by molar-refractivity contribution is 0.0694. The van der Waals surface area contributed by atoms with Gasteiger partial charge in [-0.3, -0.25) is 0 Å². The molecule has 2 rings (SSSR count). The summed E-state index contributed by atoms with van der Waals surface area (Å²) < 4.78 is 0. The molecule has 1 aromatic heterocycles. The van der Waals surface area contributed by atoms with Crippen molar-refractivity contribution in [1.29, 1.82) is 0 Å². The van der Waals surface area contributed by atoms with Crippen LogP contribution in [0.25, 0.3) is 0 Å². The van der Waals surface area contributed by atoms with Gasteiger partial charge in [0.25, 0.3) is 0 Å². The maximum atomic E-state index is 11.3. The highest BCUT2D eigenvalue weighted by atomic mass is 32.1. The van der Waals surface area contributed by atoms with Crippen molar-refractivity contribution >= 4 is 17.3 Å². The number of fused-ring (bicyclic) bond motifs is 1. The van der Waals surface area contributed by atoms with E-state index in [1.165, 1.54) is 11.3 Å². The lowest BCUT2D eigenvalue weighted by atomic mass is 9.76. The highest BCUT2D eigenvalue weighted by Crippen LogP contribution is 2.41. The minimum Gasteiger partial charge on any atom is -0.478 e.